The van der Waals surface area contributed by atoms with Crippen molar-refractivity contribution in [3.63, 3.8) is 0 Å². The predicted octanol–water partition coefficient (Wildman–Crippen LogP) is 2.38. The minimum atomic E-state index is -0.611. The lowest BCUT2D eigenvalue weighted by atomic mass is 9.97. The lowest BCUT2D eigenvalue weighted by molar-refractivity contribution is -0.126. The van der Waals surface area contributed by atoms with Crippen LogP contribution >= 0.6 is 11.3 Å². The van der Waals surface area contributed by atoms with Crippen LogP contribution in [0.25, 0.3) is 0 Å². The van der Waals surface area contributed by atoms with Crippen molar-refractivity contribution in [1.29, 1.82) is 0 Å². The first-order valence-electron chi connectivity index (χ1n) is 6.65. The van der Waals surface area contributed by atoms with E-state index >= 15 is 0 Å². The third-order valence-electron chi connectivity index (χ3n) is 3.63. The molecule has 1 amide bonds. The number of nitrogens with two attached hydrogens (primary N) is 1. The summed E-state index contributed by atoms with van der Waals surface area (Å²) in [6.07, 6.45) is 4.68. The molecule has 0 radical (unpaired) electrons. The summed E-state index contributed by atoms with van der Waals surface area (Å²) in [5, 5.41) is 3.06. The van der Waals surface area contributed by atoms with Gasteiger partial charge >= 0.3 is 0 Å². The first-order valence-corrected chi connectivity index (χ1v) is 7.46. The molecule has 1 aliphatic carbocycles. The summed E-state index contributed by atoms with van der Waals surface area (Å²) in [5.41, 5.74) is 5.53. The average molecular weight is 266 g/mol. The molecule has 1 fully saturated rings. The van der Waals surface area contributed by atoms with Crippen LogP contribution in [0.5, 0.6) is 0 Å². The van der Waals surface area contributed by atoms with Gasteiger partial charge < -0.3 is 11.1 Å². The van der Waals surface area contributed by atoms with Crippen molar-refractivity contribution in [2.75, 3.05) is 0 Å². The van der Waals surface area contributed by atoms with Gasteiger partial charge in [0, 0.05) is 22.2 Å². The van der Waals surface area contributed by atoms with E-state index in [1.807, 2.05) is 6.92 Å². The average Bonchev–Trinajstić information content (AvgIpc) is 2.89. The summed E-state index contributed by atoms with van der Waals surface area (Å²) in [7, 11) is 0. The van der Waals surface area contributed by atoms with Crippen LogP contribution in [0.4, 0.5) is 0 Å². The smallest absolute Gasteiger partial charge is 0.240 e. The van der Waals surface area contributed by atoms with E-state index in [4.69, 9.17) is 5.73 Å². The highest BCUT2D eigenvalue weighted by Crippen LogP contribution is 2.27. The van der Waals surface area contributed by atoms with E-state index in [0.717, 1.165) is 32.1 Å². The van der Waals surface area contributed by atoms with Crippen molar-refractivity contribution in [2.24, 2.45) is 5.73 Å². The van der Waals surface area contributed by atoms with E-state index in [2.05, 4.69) is 24.4 Å². The molecule has 1 aliphatic rings. The van der Waals surface area contributed by atoms with E-state index in [1.165, 1.54) is 9.75 Å². The van der Waals surface area contributed by atoms with Gasteiger partial charge in [-0.15, -0.1) is 11.3 Å². The van der Waals surface area contributed by atoms with Crippen LogP contribution in [-0.4, -0.2) is 17.5 Å². The number of rotatable bonds is 4. The molecule has 0 saturated heterocycles. The second-order valence-corrected chi connectivity index (χ2v) is 6.83. The highest BCUT2D eigenvalue weighted by molar-refractivity contribution is 7.11. The Balaban J connectivity index is 1.87. The summed E-state index contributed by atoms with van der Waals surface area (Å²) >= 11 is 1.79. The lowest BCUT2D eigenvalue weighted by Gasteiger charge is -2.25. The quantitative estimate of drug-likeness (QED) is 0.879. The zero-order valence-corrected chi connectivity index (χ0v) is 12.0. The van der Waals surface area contributed by atoms with Gasteiger partial charge in [0.2, 0.25) is 5.91 Å². The van der Waals surface area contributed by atoms with Crippen LogP contribution in [0.2, 0.25) is 0 Å². The summed E-state index contributed by atoms with van der Waals surface area (Å²) in [5.74, 6) is 0.0285. The van der Waals surface area contributed by atoms with Gasteiger partial charge in [0.05, 0.1) is 5.54 Å². The highest BCUT2D eigenvalue weighted by Gasteiger charge is 2.37. The largest absolute Gasteiger partial charge is 0.352 e. The fourth-order valence-corrected chi connectivity index (χ4v) is 3.57. The number of carbonyl (C=O) groups excluding carboxylic acids is 1. The zero-order chi connectivity index (χ0) is 13.2. The predicted molar refractivity (Wildman–Crippen MR) is 75.8 cm³/mol. The van der Waals surface area contributed by atoms with Crippen molar-refractivity contribution in [1.82, 2.24) is 5.32 Å². The summed E-state index contributed by atoms with van der Waals surface area (Å²) in [6.45, 7) is 4.15. The first-order chi connectivity index (χ1) is 8.49. The summed E-state index contributed by atoms with van der Waals surface area (Å²) < 4.78 is 0. The van der Waals surface area contributed by atoms with Crippen molar-refractivity contribution in [3.05, 3.63) is 21.9 Å². The molecular weight excluding hydrogens is 244 g/mol. The van der Waals surface area contributed by atoms with Crippen molar-refractivity contribution in [3.8, 4) is 0 Å². The minimum Gasteiger partial charge on any atom is -0.352 e. The molecule has 1 aromatic heterocycles. The molecule has 0 aromatic carbocycles. The number of amides is 1. The Labute approximate surface area is 113 Å². The molecule has 1 aromatic rings. The van der Waals surface area contributed by atoms with E-state index < -0.39 is 5.54 Å². The number of thiophene rings is 1. The minimum absolute atomic E-state index is 0.0285. The van der Waals surface area contributed by atoms with Gasteiger partial charge in [0.15, 0.2) is 0 Å². The summed E-state index contributed by atoms with van der Waals surface area (Å²) in [6, 6.07) is 4.41. The molecule has 3 N–H and O–H groups in total. The molecule has 18 heavy (non-hydrogen) atoms. The number of carbonyl (C=O) groups is 1. The molecule has 1 unspecified atom stereocenters. The summed E-state index contributed by atoms with van der Waals surface area (Å²) in [4.78, 5) is 14.8. The second kappa shape index (κ2) is 5.41. The fourth-order valence-electron chi connectivity index (χ4n) is 2.55. The number of nitrogens with one attached hydrogen (secondary N) is 1. The Bertz CT molecular complexity index is 421. The third-order valence-corrected chi connectivity index (χ3v) is 4.65. The van der Waals surface area contributed by atoms with Crippen LogP contribution in [0.3, 0.4) is 0 Å². The van der Waals surface area contributed by atoms with E-state index in [9.17, 15) is 4.79 Å². The van der Waals surface area contributed by atoms with Gasteiger partial charge in [0.1, 0.15) is 0 Å². The zero-order valence-electron chi connectivity index (χ0n) is 11.2. The van der Waals surface area contributed by atoms with Gasteiger partial charge in [-0.3, -0.25) is 4.79 Å². The van der Waals surface area contributed by atoms with Crippen LogP contribution in [0, 0.1) is 6.92 Å². The van der Waals surface area contributed by atoms with Gasteiger partial charge in [-0.25, -0.2) is 0 Å². The molecule has 1 atom stereocenters. The fraction of sp³-hybridized carbons (Fsp3) is 0.643. The molecule has 1 heterocycles. The number of hydrogen-bond acceptors (Lipinski definition) is 3. The normalized spacial score (nSPS) is 19.7. The molecule has 0 bridgehead atoms. The first kappa shape index (κ1) is 13.6. The van der Waals surface area contributed by atoms with Crippen molar-refractivity contribution < 1.29 is 4.79 Å². The van der Waals surface area contributed by atoms with Crippen molar-refractivity contribution in [2.45, 2.75) is 57.5 Å². The second-order valence-electron chi connectivity index (χ2n) is 5.45. The van der Waals surface area contributed by atoms with Crippen LogP contribution in [-0.2, 0) is 11.2 Å². The number of aryl methyl sites for hydroxylation is 1. The van der Waals surface area contributed by atoms with Gasteiger partial charge in [-0.05, 0) is 38.8 Å². The number of hydrogen-bond donors (Lipinski definition) is 2. The molecule has 0 aliphatic heterocycles. The Hall–Kier alpha value is -0.870. The maximum Gasteiger partial charge on any atom is 0.240 e. The maximum absolute atomic E-state index is 12.1. The van der Waals surface area contributed by atoms with E-state index in [1.54, 1.807) is 11.3 Å². The maximum atomic E-state index is 12.1. The van der Waals surface area contributed by atoms with Gasteiger partial charge in [-0.1, -0.05) is 12.8 Å². The monoisotopic (exact) mass is 266 g/mol. The molecule has 2 rings (SSSR count). The standard InChI is InChI=1S/C14H22N2OS/c1-10(9-12-6-5-11(2)18-12)16-13(17)14(15)7-3-4-8-14/h5-6,10H,3-4,7-9,15H2,1-2H3,(H,16,17). The van der Waals surface area contributed by atoms with Crippen LogP contribution in [0.1, 0.15) is 42.4 Å². The Morgan fingerprint density at radius 2 is 2.17 bits per heavy atom. The molecule has 4 heteroatoms. The van der Waals surface area contributed by atoms with Gasteiger partial charge in [0.25, 0.3) is 0 Å². The van der Waals surface area contributed by atoms with Crippen molar-refractivity contribution >= 4 is 17.2 Å². The van der Waals surface area contributed by atoms with Gasteiger partial charge in [-0.2, -0.15) is 0 Å². The van der Waals surface area contributed by atoms with E-state index in [-0.39, 0.29) is 11.9 Å². The van der Waals surface area contributed by atoms with Crippen LogP contribution in [0.15, 0.2) is 12.1 Å². The Morgan fingerprint density at radius 3 is 2.72 bits per heavy atom. The third kappa shape index (κ3) is 3.12. The highest BCUT2D eigenvalue weighted by atomic mass is 32.1. The van der Waals surface area contributed by atoms with Crippen LogP contribution < -0.4 is 11.1 Å². The molecule has 1 saturated carbocycles. The van der Waals surface area contributed by atoms with E-state index in [0.29, 0.717) is 0 Å². The SMILES string of the molecule is Cc1ccc(CC(C)NC(=O)C2(N)CCCC2)s1. The lowest BCUT2D eigenvalue weighted by Crippen LogP contribution is -2.54. The molecule has 0 spiro atoms. The molecule has 3 nitrogen and oxygen atoms in total. The molecular formula is C14H22N2OS. The Kier molecular flexibility index (Phi) is 4.07. The Morgan fingerprint density at radius 1 is 1.50 bits per heavy atom. The molecule has 100 valence electrons. The topological polar surface area (TPSA) is 55.1 Å².